The summed E-state index contributed by atoms with van der Waals surface area (Å²) in [6.45, 7) is 0.433. The standard InChI is InChI=1S/C25H19N5O3/c31-24(17-7-8-21-16(12-17)9-10-26-21)30-18-4-1-3-15(11-18)13-27-23-19-5-2-6-20(25(32)33)22(19)28-14-29-23/h1-12,14,26H,13H2,(H,30,31)(H,32,33)(H,27,28,29). The van der Waals surface area contributed by atoms with E-state index in [1.807, 2.05) is 48.7 Å². The first-order chi connectivity index (χ1) is 16.1. The summed E-state index contributed by atoms with van der Waals surface area (Å²) < 4.78 is 0. The number of carbonyl (C=O) groups is 2. The maximum absolute atomic E-state index is 12.7. The number of hydrogen-bond donors (Lipinski definition) is 4. The zero-order valence-corrected chi connectivity index (χ0v) is 17.4. The van der Waals surface area contributed by atoms with Gasteiger partial charge in [0.25, 0.3) is 5.91 Å². The highest BCUT2D eigenvalue weighted by Gasteiger charge is 2.12. The van der Waals surface area contributed by atoms with E-state index in [1.54, 1.807) is 18.2 Å². The molecule has 5 rings (SSSR count). The Morgan fingerprint density at radius 1 is 0.970 bits per heavy atom. The Balaban J connectivity index is 1.32. The molecule has 162 valence electrons. The topological polar surface area (TPSA) is 120 Å². The Bertz CT molecular complexity index is 1510. The second-order valence-electron chi connectivity index (χ2n) is 7.52. The van der Waals surface area contributed by atoms with Gasteiger partial charge in [0.2, 0.25) is 0 Å². The smallest absolute Gasteiger partial charge is 0.337 e. The summed E-state index contributed by atoms with van der Waals surface area (Å²) in [5, 5.41) is 17.2. The van der Waals surface area contributed by atoms with Gasteiger partial charge in [-0.2, -0.15) is 0 Å². The van der Waals surface area contributed by atoms with Gasteiger partial charge in [-0.1, -0.05) is 18.2 Å². The monoisotopic (exact) mass is 437 g/mol. The molecule has 0 aliphatic carbocycles. The number of para-hydroxylation sites is 1. The fraction of sp³-hybridized carbons (Fsp3) is 0.0400. The molecule has 0 radical (unpaired) electrons. The van der Waals surface area contributed by atoms with Crippen LogP contribution in [0.3, 0.4) is 0 Å². The Morgan fingerprint density at radius 3 is 2.73 bits per heavy atom. The van der Waals surface area contributed by atoms with Crippen molar-refractivity contribution in [2.24, 2.45) is 0 Å². The summed E-state index contributed by atoms with van der Waals surface area (Å²) in [7, 11) is 0. The van der Waals surface area contributed by atoms with Gasteiger partial charge in [-0.25, -0.2) is 14.8 Å². The molecule has 0 saturated heterocycles. The summed E-state index contributed by atoms with van der Waals surface area (Å²) in [5.41, 5.74) is 3.66. The van der Waals surface area contributed by atoms with Crippen molar-refractivity contribution in [1.29, 1.82) is 0 Å². The highest BCUT2D eigenvalue weighted by molar-refractivity contribution is 6.06. The van der Waals surface area contributed by atoms with Crippen molar-refractivity contribution in [2.45, 2.75) is 6.54 Å². The van der Waals surface area contributed by atoms with E-state index in [9.17, 15) is 14.7 Å². The van der Waals surface area contributed by atoms with E-state index in [0.29, 0.717) is 34.5 Å². The lowest BCUT2D eigenvalue weighted by molar-refractivity contribution is 0.0698. The third-order valence-corrected chi connectivity index (χ3v) is 5.36. The molecule has 0 aliphatic rings. The van der Waals surface area contributed by atoms with Crippen LogP contribution in [0.5, 0.6) is 0 Å². The molecule has 0 saturated carbocycles. The number of aromatic amines is 1. The zero-order chi connectivity index (χ0) is 22.8. The molecule has 0 spiro atoms. The van der Waals surface area contributed by atoms with E-state index >= 15 is 0 Å². The van der Waals surface area contributed by atoms with Gasteiger partial charge in [-0.3, -0.25) is 4.79 Å². The van der Waals surface area contributed by atoms with Crippen molar-refractivity contribution in [3.8, 4) is 0 Å². The van der Waals surface area contributed by atoms with E-state index in [1.165, 1.54) is 12.4 Å². The Hall–Kier alpha value is -4.72. The minimum absolute atomic E-state index is 0.125. The lowest BCUT2D eigenvalue weighted by Crippen LogP contribution is -2.12. The first-order valence-corrected chi connectivity index (χ1v) is 10.3. The molecule has 3 aromatic carbocycles. The van der Waals surface area contributed by atoms with Gasteiger partial charge in [-0.15, -0.1) is 0 Å². The van der Waals surface area contributed by atoms with Gasteiger partial charge >= 0.3 is 5.97 Å². The number of carbonyl (C=O) groups excluding carboxylic acids is 1. The average Bonchev–Trinajstić information content (AvgIpc) is 3.30. The van der Waals surface area contributed by atoms with E-state index in [4.69, 9.17) is 0 Å². The third-order valence-electron chi connectivity index (χ3n) is 5.36. The number of carboxylic acids is 1. The number of nitrogens with one attached hydrogen (secondary N) is 3. The van der Waals surface area contributed by atoms with Crippen LogP contribution in [0.1, 0.15) is 26.3 Å². The van der Waals surface area contributed by atoms with Crippen LogP contribution in [0.15, 0.2) is 79.3 Å². The number of aromatic carboxylic acids is 1. The van der Waals surface area contributed by atoms with Crippen LogP contribution in [0.4, 0.5) is 11.5 Å². The fourth-order valence-corrected chi connectivity index (χ4v) is 3.74. The summed E-state index contributed by atoms with van der Waals surface area (Å²) in [6, 6.07) is 19.9. The summed E-state index contributed by atoms with van der Waals surface area (Å²) in [5.74, 6) is -0.687. The lowest BCUT2D eigenvalue weighted by Gasteiger charge is -2.11. The van der Waals surface area contributed by atoms with Crippen LogP contribution in [0.2, 0.25) is 0 Å². The Morgan fingerprint density at radius 2 is 1.85 bits per heavy atom. The van der Waals surface area contributed by atoms with Crippen molar-refractivity contribution < 1.29 is 14.7 Å². The molecule has 2 heterocycles. The number of anilines is 2. The maximum Gasteiger partial charge on any atom is 0.337 e. The van der Waals surface area contributed by atoms with Gasteiger partial charge in [0, 0.05) is 40.3 Å². The van der Waals surface area contributed by atoms with Crippen molar-refractivity contribution in [2.75, 3.05) is 10.6 Å². The predicted molar refractivity (Wildman–Crippen MR) is 127 cm³/mol. The molecular formula is C25H19N5O3. The lowest BCUT2D eigenvalue weighted by atomic mass is 10.1. The molecule has 8 nitrogen and oxygen atoms in total. The molecule has 2 aromatic heterocycles. The quantitative estimate of drug-likeness (QED) is 0.306. The largest absolute Gasteiger partial charge is 0.478 e. The average molecular weight is 437 g/mol. The number of rotatable bonds is 6. The number of hydrogen-bond acceptors (Lipinski definition) is 5. The van der Waals surface area contributed by atoms with Gasteiger partial charge in [0.1, 0.15) is 12.1 Å². The molecule has 4 N–H and O–H groups in total. The van der Waals surface area contributed by atoms with Crippen LogP contribution in [-0.2, 0) is 6.54 Å². The van der Waals surface area contributed by atoms with Gasteiger partial charge in [0.15, 0.2) is 0 Å². The second-order valence-corrected chi connectivity index (χ2v) is 7.52. The minimum Gasteiger partial charge on any atom is -0.478 e. The zero-order valence-electron chi connectivity index (χ0n) is 17.4. The molecule has 0 bridgehead atoms. The van der Waals surface area contributed by atoms with Crippen LogP contribution in [-0.4, -0.2) is 31.9 Å². The van der Waals surface area contributed by atoms with Crippen molar-refractivity contribution >= 4 is 45.2 Å². The number of aromatic nitrogens is 3. The third kappa shape index (κ3) is 4.09. The van der Waals surface area contributed by atoms with E-state index < -0.39 is 5.97 Å². The summed E-state index contributed by atoms with van der Waals surface area (Å²) in [4.78, 5) is 35.7. The molecule has 0 fully saturated rings. The SMILES string of the molecule is O=C(Nc1cccc(CNc2ncnc3c(C(=O)O)cccc23)c1)c1ccc2[nH]ccc2c1. The molecule has 1 amide bonds. The molecule has 0 atom stereocenters. The Kier molecular flexibility index (Phi) is 5.16. The first-order valence-electron chi connectivity index (χ1n) is 10.3. The molecular weight excluding hydrogens is 418 g/mol. The number of nitrogens with zero attached hydrogens (tertiary/aromatic N) is 2. The van der Waals surface area contributed by atoms with Crippen LogP contribution in [0, 0.1) is 0 Å². The maximum atomic E-state index is 12.7. The second kappa shape index (κ2) is 8.43. The van der Waals surface area contributed by atoms with E-state index in [0.717, 1.165) is 16.5 Å². The highest BCUT2D eigenvalue weighted by atomic mass is 16.4. The fourth-order valence-electron chi connectivity index (χ4n) is 3.74. The number of benzene rings is 3. The minimum atomic E-state index is -1.04. The van der Waals surface area contributed by atoms with Gasteiger partial charge in [0.05, 0.1) is 11.1 Å². The Labute approximate surface area is 188 Å². The molecule has 0 unspecified atom stereocenters. The van der Waals surface area contributed by atoms with Crippen molar-refractivity contribution in [1.82, 2.24) is 15.0 Å². The summed E-state index contributed by atoms with van der Waals surface area (Å²) in [6.07, 6.45) is 3.18. The van der Waals surface area contributed by atoms with Crippen LogP contribution in [0.25, 0.3) is 21.8 Å². The normalized spacial score (nSPS) is 10.9. The molecule has 5 aromatic rings. The predicted octanol–water partition coefficient (Wildman–Crippen LogP) is 4.67. The molecule has 33 heavy (non-hydrogen) atoms. The van der Waals surface area contributed by atoms with Crippen molar-refractivity contribution in [3.05, 3.63) is 95.9 Å². The summed E-state index contributed by atoms with van der Waals surface area (Å²) >= 11 is 0. The van der Waals surface area contributed by atoms with Gasteiger partial charge < -0.3 is 20.7 Å². The molecule has 0 aliphatic heterocycles. The van der Waals surface area contributed by atoms with Crippen LogP contribution < -0.4 is 10.6 Å². The van der Waals surface area contributed by atoms with Crippen molar-refractivity contribution in [3.63, 3.8) is 0 Å². The number of carboxylic acid groups (broad SMARTS) is 1. The molecule has 8 heteroatoms. The van der Waals surface area contributed by atoms with Gasteiger partial charge in [-0.05, 0) is 54.1 Å². The first kappa shape index (κ1) is 20.2. The van der Waals surface area contributed by atoms with E-state index in [2.05, 4.69) is 25.6 Å². The number of amides is 1. The van der Waals surface area contributed by atoms with Crippen LogP contribution >= 0.6 is 0 Å². The number of H-pyrrole nitrogens is 1. The van der Waals surface area contributed by atoms with E-state index in [-0.39, 0.29) is 11.5 Å². The highest BCUT2D eigenvalue weighted by Crippen LogP contribution is 2.23. The number of fused-ring (bicyclic) bond motifs is 2.